The molecule has 0 saturated heterocycles. The first-order valence-electron chi connectivity index (χ1n) is 9.63. The maximum absolute atomic E-state index is 7.08. The van der Waals surface area contributed by atoms with E-state index in [9.17, 15) is 0 Å². The lowest BCUT2D eigenvalue weighted by molar-refractivity contribution is 0.507. The van der Waals surface area contributed by atoms with Gasteiger partial charge in [-0.3, -0.25) is 0 Å². The molecule has 0 saturated carbocycles. The fourth-order valence-electron chi connectivity index (χ4n) is 4.16. The van der Waals surface area contributed by atoms with E-state index in [-0.39, 0.29) is 5.04 Å². The standard InChI is InChI=1S/C24H27NOSi/c1-24(2,3)27(22-10-6-4-7-11-22,23-12-8-5-9-13-23)26-21-15-14-19-17-25-18-20(19)16-21/h4-16,25H,17-18H2,1-3H3. The smallest absolute Gasteiger partial charge is 0.319 e. The van der Waals surface area contributed by atoms with Gasteiger partial charge in [0.05, 0.1) is 0 Å². The first-order valence-corrected chi connectivity index (χ1v) is 11.5. The zero-order valence-corrected chi connectivity index (χ0v) is 17.3. The molecule has 1 aliphatic rings. The van der Waals surface area contributed by atoms with Gasteiger partial charge in [0.15, 0.2) is 0 Å². The first kappa shape index (κ1) is 18.0. The zero-order valence-electron chi connectivity index (χ0n) is 16.3. The van der Waals surface area contributed by atoms with Gasteiger partial charge < -0.3 is 9.74 Å². The molecule has 0 radical (unpaired) electrons. The summed E-state index contributed by atoms with van der Waals surface area (Å²) in [5.74, 6) is 0.978. The van der Waals surface area contributed by atoms with Crippen molar-refractivity contribution >= 4 is 18.7 Å². The van der Waals surface area contributed by atoms with E-state index in [1.54, 1.807) is 0 Å². The second kappa shape index (κ2) is 6.99. The molecule has 0 amide bonds. The molecule has 0 bridgehead atoms. The van der Waals surface area contributed by atoms with Crippen LogP contribution in [-0.4, -0.2) is 8.32 Å². The van der Waals surface area contributed by atoms with E-state index in [0.29, 0.717) is 0 Å². The summed E-state index contributed by atoms with van der Waals surface area (Å²) in [6, 6.07) is 28.2. The predicted octanol–water partition coefficient (Wildman–Crippen LogP) is 4.23. The first-order chi connectivity index (χ1) is 13.0. The number of hydrogen-bond donors (Lipinski definition) is 1. The fraction of sp³-hybridized carbons (Fsp3) is 0.250. The van der Waals surface area contributed by atoms with Crippen molar-refractivity contribution in [1.82, 2.24) is 5.32 Å². The Morgan fingerprint density at radius 2 is 1.30 bits per heavy atom. The number of nitrogens with one attached hydrogen (secondary N) is 1. The molecule has 1 heterocycles. The van der Waals surface area contributed by atoms with Crippen LogP contribution in [0.1, 0.15) is 31.9 Å². The van der Waals surface area contributed by atoms with Gasteiger partial charge in [-0.25, -0.2) is 0 Å². The third kappa shape index (κ3) is 3.22. The molecule has 0 spiro atoms. The zero-order chi connectivity index (χ0) is 18.9. The van der Waals surface area contributed by atoms with Crippen molar-refractivity contribution in [2.45, 2.75) is 38.9 Å². The molecule has 0 aliphatic carbocycles. The third-order valence-electron chi connectivity index (χ3n) is 5.50. The van der Waals surface area contributed by atoms with E-state index < -0.39 is 8.32 Å². The molecule has 1 N–H and O–H groups in total. The summed E-state index contributed by atoms with van der Waals surface area (Å²) in [6.45, 7) is 8.82. The van der Waals surface area contributed by atoms with Crippen LogP contribution in [0.5, 0.6) is 5.75 Å². The average molecular weight is 374 g/mol. The van der Waals surface area contributed by atoms with Crippen LogP contribution in [0.15, 0.2) is 78.9 Å². The molecule has 27 heavy (non-hydrogen) atoms. The van der Waals surface area contributed by atoms with Gasteiger partial charge in [-0.1, -0.05) is 87.5 Å². The minimum absolute atomic E-state index is 0.0209. The Bertz CT molecular complexity index is 877. The van der Waals surface area contributed by atoms with Crippen LogP contribution < -0.4 is 20.1 Å². The van der Waals surface area contributed by atoms with Crippen LogP contribution in [0, 0.1) is 0 Å². The normalized spacial score (nSPS) is 14.0. The maximum Gasteiger partial charge on any atom is 0.319 e. The van der Waals surface area contributed by atoms with Crippen LogP contribution in [-0.2, 0) is 13.1 Å². The highest BCUT2D eigenvalue weighted by atomic mass is 28.4. The lowest BCUT2D eigenvalue weighted by atomic mass is 10.1. The van der Waals surface area contributed by atoms with E-state index in [1.165, 1.54) is 21.5 Å². The molecule has 0 fully saturated rings. The van der Waals surface area contributed by atoms with Crippen LogP contribution in [0.3, 0.4) is 0 Å². The Hall–Kier alpha value is -2.36. The Labute approximate surface area is 163 Å². The molecule has 0 atom stereocenters. The lowest BCUT2D eigenvalue weighted by Gasteiger charge is -2.43. The molecule has 4 rings (SSSR count). The average Bonchev–Trinajstić information content (AvgIpc) is 3.14. The molecule has 3 heteroatoms. The van der Waals surface area contributed by atoms with E-state index in [2.05, 4.69) is 105 Å². The summed E-state index contributed by atoms with van der Waals surface area (Å²) in [5.41, 5.74) is 2.73. The van der Waals surface area contributed by atoms with Crippen molar-refractivity contribution in [3.05, 3.63) is 90.0 Å². The monoisotopic (exact) mass is 373 g/mol. The van der Waals surface area contributed by atoms with Crippen molar-refractivity contribution in [2.75, 3.05) is 0 Å². The highest BCUT2D eigenvalue weighted by Crippen LogP contribution is 2.38. The molecule has 1 aliphatic heterocycles. The molecule has 0 aromatic heterocycles. The van der Waals surface area contributed by atoms with E-state index in [4.69, 9.17) is 4.43 Å². The van der Waals surface area contributed by atoms with Crippen molar-refractivity contribution in [3.8, 4) is 5.75 Å². The molecule has 3 aromatic rings. The van der Waals surface area contributed by atoms with Crippen LogP contribution in [0.2, 0.25) is 5.04 Å². The van der Waals surface area contributed by atoms with Crippen molar-refractivity contribution < 1.29 is 4.43 Å². The highest BCUT2D eigenvalue weighted by molar-refractivity contribution is 7.00. The second-order valence-electron chi connectivity index (χ2n) is 8.30. The lowest BCUT2D eigenvalue weighted by Crippen LogP contribution is -2.68. The van der Waals surface area contributed by atoms with Crippen LogP contribution in [0.4, 0.5) is 0 Å². The summed E-state index contributed by atoms with van der Waals surface area (Å²) in [6.07, 6.45) is 0. The Morgan fingerprint density at radius 3 is 1.85 bits per heavy atom. The topological polar surface area (TPSA) is 21.3 Å². The number of hydrogen-bond acceptors (Lipinski definition) is 2. The van der Waals surface area contributed by atoms with Gasteiger partial charge in [-0.15, -0.1) is 0 Å². The molecule has 3 aromatic carbocycles. The van der Waals surface area contributed by atoms with Crippen molar-refractivity contribution in [2.24, 2.45) is 0 Å². The SMILES string of the molecule is CC(C)(C)[Si](Oc1ccc2c(c1)CNC2)(c1ccccc1)c1ccccc1. The molecular weight excluding hydrogens is 346 g/mol. The van der Waals surface area contributed by atoms with Crippen molar-refractivity contribution in [1.29, 1.82) is 0 Å². The Balaban J connectivity index is 1.90. The minimum Gasteiger partial charge on any atom is -0.534 e. The Morgan fingerprint density at radius 1 is 0.741 bits per heavy atom. The molecule has 138 valence electrons. The van der Waals surface area contributed by atoms with Gasteiger partial charge >= 0.3 is 8.32 Å². The van der Waals surface area contributed by atoms with Gasteiger partial charge in [0, 0.05) is 13.1 Å². The molecule has 2 nitrogen and oxygen atoms in total. The van der Waals surface area contributed by atoms with Crippen LogP contribution >= 0.6 is 0 Å². The largest absolute Gasteiger partial charge is 0.534 e. The maximum atomic E-state index is 7.08. The van der Waals surface area contributed by atoms with Crippen LogP contribution in [0.25, 0.3) is 0 Å². The van der Waals surface area contributed by atoms with Gasteiger partial charge in [-0.2, -0.15) is 0 Å². The minimum atomic E-state index is -2.54. The molecule has 0 unspecified atom stereocenters. The van der Waals surface area contributed by atoms with Gasteiger partial charge in [0.2, 0.25) is 0 Å². The fourth-order valence-corrected chi connectivity index (χ4v) is 8.57. The van der Waals surface area contributed by atoms with Gasteiger partial charge in [0.1, 0.15) is 5.75 Å². The number of benzene rings is 3. The number of rotatable bonds is 4. The van der Waals surface area contributed by atoms with E-state index in [1.807, 2.05) is 0 Å². The van der Waals surface area contributed by atoms with Gasteiger partial charge in [-0.05, 0) is 38.7 Å². The van der Waals surface area contributed by atoms with E-state index in [0.717, 1.165) is 18.8 Å². The number of fused-ring (bicyclic) bond motifs is 1. The summed E-state index contributed by atoms with van der Waals surface area (Å²) < 4.78 is 7.08. The summed E-state index contributed by atoms with van der Waals surface area (Å²) in [5, 5.41) is 6.02. The second-order valence-corrected chi connectivity index (χ2v) is 12.5. The molecular formula is C24H27NOSi. The summed E-state index contributed by atoms with van der Waals surface area (Å²) >= 11 is 0. The van der Waals surface area contributed by atoms with Gasteiger partial charge in [0.25, 0.3) is 0 Å². The quantitative estimate of drug-likeness (QED) is 0.691. The highest BCUT2D eigenvalue weighted by Gasteiger charge is 2.52. The van der Waals surface area contributed by atoms with E-state index >= 15 is 0 Å². The third-order valence-corrected chi connectivity index (χ3v) is 10.4. The summed E-state index contributed by atoms with van der Waals surface area (Å²) in [7, 11) is -2.54. The summed E-state index contributed by atoms with van der Waals surface area (Å²) in [4.78, 5) is 0. The Kier molecular flexibility index (Phi) is 4.66. The van der Waals surface area contributed by atoms with Crippen molar-refractivity contribution in [3.63, 3.8) is 0 Å². The predicted molar refractivity (Wildman–Crippen MR) is 115 cm³/mol.